The number of thiophene rings is 1. The fourth-order valence-corrected chi connectivity index (χ4v) is 4.85. The van der Waals surface area contributed by atoms with E-state index >= 15 is 0 Å². The lowest BCUT2D eigenvalue weighted by atomic mass is 9.78. The van der Waals surface area contributed by atoms with Gasteiger partial charge in [0.25, 0.3) is 0 Å². The van der Waals surface area contributed by atoms with Gasteiger partial charge in [-0.3, -0.25) is 0 Å². The van der Waals surface area contributed by atoms with Crippen molar-refractivity contribution in [3.05, 3.63) is 16.5 Å². The second kappa shape index (κ2) is 4.35. The Morgan fingerprint density at radius 1 is 1.47 bits per heavy atom. The number of nitrogens with two attached hydrogens (primary N) is 1. The summed E-state index contributed by atoms with van der Waals surface area (Å²) in [4.78, 5) is 1.01. The van der Waals surface area contributed by atoms with Crippen LogP contribution in [0, 0.1) is 13.8 Å². The Balaban J connectivity index is 2.11. The van der Waals surface area contributed by atoms with E-state index in [9.17, 15) is 8.42 Å². The lowest BCUT2D eigenvalue weighted by Crippen LogP contribution is -2.54. The van der Waals surface area contributed by atoms with Gasteiger partial charge in [-0.05, 0) is 44.7 Å². The first-order valence-corrected chi connectivity index (χ1v) is 7.98. The van der Waals surface area contributed by atoms with Crippen LogP contribution < -0.4 is 10.5 Å². The van der Waals surface area contributed by atoms with Gasteiger partial charge in [0.15, 0.2) is 0 Å². The molecular weight excluding hydrogens is 256 g/mol. The SMILES string of the molecule is Cc1cc(C)c(S(=O)(=O)NCC2(N)CCC2)s1. The number of hydrogen-bond donors (Lipinski definition) is 2. The molecule has 1 aromatic heterocycles. The van der Waals surface area contributed by atoms with E-state index in [1.54, 1.807) is 0 Å². The summed E-state index contributed by atoms with van der Waals surface area (Å²) >= 11 is 1.31. The molecule has 17 heavy (non-hydrogen) atoms. The third kappa shape index (κ3) is 2.70. The van der Waals surface area contributed by atoms with Gasteiger partial charge in [-0.25, -0.2) is 13.1 Å². The van der Waals surface area contributed by atoms with E-state index in [2.05, 4.69) is 4.72 Å². The molecule has 0 aliphatic heterocycles. The third-order valence-corrected chi connectivity index (χ3v) is 6.39. The summed E-state index contributed by atoms with van der Waals surface area (Å²) in [7, 11) is -3.39. The zero-order chi connectivity index (χ0) is 12.7. The monoisotopic (exact) mass is 274 g/mol. The fourth-order valence-electron chi connectivity index (χ4n) is 2.00. The minimum Gasteiger partial charge on any atom is -0.324 e. The average molecular weight is 274 g/mol. The number of nitrogens with one attached hydrogen (secondary N) is 1. The molecule has 1 heterocycles. The molecule has 0 radical (unpaired) electrons. The predicted octanol–water partition coefficient (Wildman–Crippen LogP) is 1.52. The van der Waals surface area contributed by atoms with Gasteiger partial charge in [-0.15, -0.1) is 11.3 Å². The average Bonchev–Trinajstić information content (AvgIpc) is 2.53. The number of sulfonamides is 1. The van der Waals surface area contributed by atoms with Gasteiger partial charge in [0.2, 0.25) is 10.0 Å². The van der Waals surface area contributed by atoms with Crippen LogP contribution in [-0.2, 0) is 10.0 Å². The smallest absolute Gasteiger partial charge is 0.250 e. The summed E-state index contributed by atoms with van der Waals surface area (Å²) in [5, 5.41) is 0. The molecule has 1 aliphatic carbocycles. The maximum atomic E-state index is 12.1. The van der Waals surface area contributed by atoms with Crippen molar-refractivity contribution in [2.75, 3.05) is 6.54 Å². The molecule has 6 heteroatoms. The molecule has 1 fully saturated rings. The van der Waals surface area contributed by atoms with Gasteiger partial charge in [0.05, 0.1) is 0 Å². The lowest BCUT2D eigenvalue weighted by Gasteiger charge is -2.37. The standard InChI is InChI=1S/C11H18N2O2S2/c1-8-6-9(2)16-10(8)17(14,15)13-7-11(12)4-3-5-11/h6,13H,3-5,7,12H2,1-2H3. The van der Waals surface area contributed by atoms with Gasteiger partial charge in [-0.2, -0.15) is 0 Å². The van der Waals surface area contributed by atoms with E-state index in [-0.39, 0.29) is 5.54 Å². The summed E-state index contributed by atoms with van der Waals surface area (Å²) in [5.74, 6) is 0. The van der Waals surface area contributed by atoms with E-state index in [1.807, 2.05) is 19.9 Å². The molecule has 0 saturated heterocycles. The van der Waals surface area contributed by atoms with Gasteiger partial charge in [-0.1, -0.05) is 0 Å². The largest absolute Gasteiger partial charge is 0.324 e. The first-order valence-electron chi connectivity index (χ1n) is 5.68. The topological polar surface area (TPSA) is 72.2 Å². The Morgan fingerprint density at radius 3 is 2.53 bits per heavy atom. The first kappa shape index (κ1) is 13.0. The zero-order valence-corrected chi connectivity index (χ0v) is 11.7. The van der Waals surface area contributed by atoms with Crippen molar-refractivity contribution in [2.24, 2.45) is 5.73 Å². The van der Waals surface area contributed by atoms with Crippen molar-refractivity contribution >= 4 is 21.4 Å². The molecule has 0 spiro atoms. The van der Waals surface area contributed by atoms with Gasteiger partial charge in [0.1, 0.15) is 4.21 Å². The van der Waals surface area contributed by atoms with Crippen LogP contribution in [0.5, 0.6) is 0 Å². The summed E-state index contributed by atoms with van der Waals surface area (Å²) in [6.45, 7) is 4.07. The molecule has 0 aromatic carbocycles. The molecule has 0 amide bonds. The molecule has 2 rings (SSSR count). The van der Waals surface area contributed by atoms with E-state index in [4.69, 9.17) is 5.73 Å². The third-order valence-electron chi connectivity index (χ3n) is 3.20. The van der Waals surface area contributed by atoms with Crippen molar-refractivity contribution < 1.29 is 8.42 Å². The summed E-state index contributed by atoms with van der Waals surface area (Å²) in [6, 6.07) is 1.89. The van der Waals surface area contributed by atoms with Gasteiger partial charge >= 0.3 is 0 Å². The first-order chi connectivity index (χ1) is 7.82. The minimum absolute atomic E-state index is 0.326. The predicted molar refractivity (Wildman–Crippen MR) is 69.8 cm³/mol. The maximum absolute atomic E-state index is 12.1. The van der Waals surface area contributed by atoms with Crippen molar-refractivity contribution in [2.45, 2.75) is 42.9 Å². The van der Waals surface area contributed by atoms with Crippen molar-refractivity contribution in [3.63, 3.8) is 0 Å². The molecule has 96 valence electrons. The van der Waals surface area contributed by atoms with Gasteiger partial charge < -0.3 is 5.73 Å². The van der Waals surface area contributed by atoms with E-state index < -0.39 is 10.0 Å². The molecule has 3 N–H and O–H groups in total. The Labute approximate surface area is 106 Å². The van der Waals surface area contributed by atoms with Crippen LogP contribution in [0.3, 0.4) is 0 Å². The van der Waals surface area contributed by atoms with Crippen LogP contribution >= 0.6 is 11.3 Å². The van der Waals surface area contributed by atoms with E-state index in [1.165, 1.54) is 11.3 Å². The molecule has 1 saturated carbocycles. The normalized spacial score (nSPS) is 19.0. The molecule has 0 bridgehead atoms. The highest BCUT2D eigenvalue weighted by atomic mass is 32.2. The highest BCUT2D eigenvalue weighted by Crippen LogP contribution is 2.30. The van der Waals surface area contributed by atoms with E-state index in [0.717, 1.165) is 29.7 Å². The van der Waals surface area contributed by atoms with Crippen LogP contribution in [0.4, 0.5) is 0 Å². The number of hydrogen-bond acceptors (Lipinski definition) is 4. The summed E-state index contributed by atoms with van der Waals surface area (Å²) in [6.07, 6.45) is 2.89. The minimum atomic E-state index is -3.39. The van der Waals surface area contributed by atoms with E-state index in [0.29, 0.717) is 10.8 Å². The highest BCUT2D eigenvalue weighted by molar-refractivity contribution is 7.91. The van der Waals surface area contributed by atoms with Crippen LogP contribution in [-0.4, -0.2) is 20.5 Å². The Bertz CT molecular complexity index is 516. The lowest BCUT2D eigenvalue weighted by molar-refractivity contribution is 0.251. The van der Waals surface area contributed by atoms with Crippen LogP contribution in [0.1, 0.15) is 29.7 Å². The molecule has 1 aromatic rings. The Morgan fingerprint density at radius 2 is 2.12 bits per heavy atom. The number of aryl methyl sites for hydroxylation is 2. The quantitative estimate of drug-likeness (QED) is 0.874. The second-order valence-corrected chi connectivity index (χ2v) is 8.09. The van der Waals surface area contributed by atoms with Crippen molar-refractivity contribution in [3.8, 4) is 0 Å². The molecule has 0 atom stereocenters. The Hall–Kier alpha value is -0.430. The zero-order valence-electron chi connectivity index (χ0n) is 10.1. The Kier molecular flexibility index (Phi) is 3.33. The van der Waals surface area contributed by atoms with Crippen LogP contribution in [0.15, 0.2) is 10.3 Å². The van der Waals surface area contributed by atoms with Crippen molar-refractivity contribution in [1.82, 2.24) is 4.72 Å². The molecule has 0 unspecified atom stereocenters. The van der Waals surface area contributed by atoms with Crippen molar-refractivity contribution in [1.29, 1.82) is 0 Å². The maximum Gasteiger partial charge on any atom is 0.250 e. The molecule has 4 nitrogen and oxygen atoms in total. The second-order valence-electron chi connectivity index (χ2n) is 4.87. The van der Waals surface area contributed by atoms with Crippen LogP contribution in [0.2, 0.25) is 0 Å². The summed E-state index contributed by atoms with van der Waals surface area (Å²) < 4.78 is 27.2. The summed E-state index contributed by atoms with van der Waals surface area (Å²) in [5.41, 5.74) is 6.49. The highest BCUT2D eigenvalue weighted by Gasteiger charge is 2.34. The molecular formula is C11H18N2O2S2. The van der Waals surface area contributed by atoms with Gasteiger partial charge in [0, 0.05) is 17.0 Å². The number of rotatable bonds is 4. The molecule has 1 aliphatic rings. The fraction of sp³-hybridized carbons (Fsp3) is 0.636. The van der Waals surface area contributed by atoms with Crippen LogP contribution in [0.25, 0.3) is 0 Å².